The van der Waals surface area contributed by atoms with Crippen LogP contribution in [0.25, 0.3) is 0 Å². The van der Waals surface area contributed by atoms with E-state index in [-0.39, 0.29) is 0 Å². The molecular formula is C12H19N3. The van der Waals surface area contributed by atoms with Crippen molar-refractivity contribution in [2.24, 2.45) is 0 Å². The molecule has 0 N–H and O–H groups in total. The molecule has 0 bridgehead atoms. The van der Waals surface area contributed by atoms with E-state index in [9.17, 15) is 0 Å². The minimum absolute atomic E-state index is 0.357. The molecule has 0 amide bonds. The van der Waals surface area contributed by atoms with Crippen molar-refractivity contribution in [3.05, 3.63) is 18.0 Å². The molecule has 1 aromatic heterocycles. The second kappa shape index (κ2) is 4.69. The Kier molecular flexibility index (Phi) is 3.29. The molecule has 3 heteroatoms. The molecule has 0 unspecified atom stereocenters. The first-order valence-corrected chi connectivity index (χ1v) is 6.01. The van der Waals surface area contributed by atoms with Gasteiger partial charge in [-0.2, -0.15) is 0 Å². The highest BCUT2D eigenvalue weighted by atomic mass is 15.3. The van der Waals surface area contributed by atoms with Crippen LogP contribution in [0.2, 0.25) is 0 Å². The van der Waals surface area contributed by atoms with E-state index in [2.05, 4.69) is 22.3 Å². The molecule has 0 aromatic carbocycles. The van der Waals surface area contributed by atoms with Gasteiger partial charge in [0.1, 0.15) is 0 Å². The maximum absolute atomic E-state index is 3.93. The maximum Gasteiger partial charge on any atom is 0.0567 e. The molecule has 1 aliphatic rings. The van der Waals surface area contributed by atoms with E-state index in [1.54, 1.807) is 0 Å². The van der Waals surface area contributed by atoms with E-state index in [1.807, 2.05) is 12.4 Å². The summed E-state index contributed by atoms with van der Waals surface area (Å²) in [6.45, 7) is 2.26. The molecule has 0 aliphatic heterocycles. The van der Waals surface area contributed by atoms with E-state index in [1.165, 1.54) is 50.5 Å². The zero-order valence-corrected chi connectivity index (χ0v) is 9.45. The Morgan fingerprint density at radius 1 is 1.13 bits per heavy atom. The Bertz CT molecular complexity index is 285. The number of hydrogen-bond donors (Lipinski definition) is 0. The van der Waals surface area contributed by atoms with Crippen LogP contribution in [0.1, 0.15) is 57.4 Å². The smallest absolute Gasteiger partial charge is 0.0567 e. The first-order valence-electron chi connectivity index (χ1n) is 6.01. The number of rotatable bonds is 3. The fraction of sp³-hybridized carbons (Fsp3) is 0.750. The SMILES string of the molecule is CCCC1(c2cnnnc2)CCCCC1. The van der Waals surface area contributed by atoms with Crippen LogP contribution in [0.15, 0.2) is 12.4 Å². The molecule has 0 spiro atoms. The number of nitrogens with zero attached hydrogens (tertiary/aromatic N) is 3. The summed E-state index contributed by atoms with van der Waals surface area (Å²) >= 11 is 0. The van der Waals surface area contributed by atoms with Gasteiger partial charge in [-0.05, 0) is 35.5 Å². The Morgan fingerprint density at radius 3 is 2.40 bits per heavy atom. The van der Waals surface area contributed by atoms with Crippen molar-refractivity contribution in [3.63, 3.8) is 0 Å². The topological polar surface area (TPSA) is 38.7 Å². The first kappa shape index (κ1) is 10.5. The van der Waals surface area contributed by atoms with Gasteiger partial charge in [0.05, 0.1) is 12.4 Å². The summed E-state index contributed by atoms with van der Waals surface area (Å²) in [7, 11) is 0. The summed E-state index contributed by atoms with van der Waals surface area (Å²) in [4.78, 5) is 0. The van der Waals surface area contributed by atoms with Crippen molar-refractivity contribution in [2.75, 3.05) is 0 Å². The monoisotopic (exact) mass is 205 g/mol. The van der Waals surface area contributed by atoms with Gasteiger partial charge in [-0.15, -0.1) is 10.2 Å². The molecule has 1 aliphatic carbocycles. The average Bonchev–Trinajstić information content (AvgIpc) is 2.32. The molecule has 0 saturated heterocycles. The normalized spacial score (nSPS) is 20.1. The lowest BCUT2D eigenvalue weighted by atomic mass is 9.68. The summed E-state index contributed by atoms with van der Waals surface area (Å²) in [5.74, 6) is 0. The average molecular weight is 205 g/mol. The summed E-state index contributed by atoms with van der Waals surface area (Å²) in [6, 6.07) is 0. The van der Waals surface area contributed by atoms with E-state index >= 15 is 0 Å². The summed E-state index contributed by atoms with van der Waals surface area (Å²) < 4.78 is 0. The summed E-state index contributed by atoms with van der Waals surface area (Å²) in [5.41, 5.74) is 1.66. The quantitative estimate of drug-likeness (QED) is 0.761. The van der Waals surface area contributed by atoms with Gasteiger partial charge >= 0.3 is 0 Å². The predicted molar refractivity (Wildman–Crippen MR) is 59.5 cm³/mol. The van der Waals surface area contributed by atoms with Gasteiger partial charge in [-0.1, -0.05) is 32.6 Å². The van der Waals surface area contributed by atoms with Crippen LogP contribution in [0.5, 0.6) is 0 Å². The third-order valence-electron chi connectivity index (χ3n) is 3.65. The van der Waals surface area contributed by atoms with Gasteiger partial charge in [0.15, 0.2) is 0 Å². The second-order valence-electron chi connectivity index (χ2n) is 4.62. The van der Waals surface area contributed by atoms with E-state index in [4.69, 9.17) is 0 Å². The van der Waals surface area contributed by atoms with Crippen LogP contribution >= 0.6 is 0 Å². The van der Waals surface area contributed by atoms with Gasteiger partial charge in [0.2, 0.25) is 0 Å². The lowest BCUT2D eigenvalue weighted by molar-refractivity contribution is 0.269. The molecule has 1 saturated carbocycles. The molecule has 82 valence electrons. The van der Waals surface area contributed by atoms with Crippen LogP contribution in [0.3, 0.4) is 0 Å². The van der Waals surface area contributed by atoms with Gasteiger partial charge in [0.25, 0.3) is 0 Å². The fourth-order valence-corrected chi connectivity index (χ4v) is 2.90. The van der Waals surface area contributed by atoms with E-state index in [0.717, 1.165) is 0 Å². The minimum Gasteiger partial charge on any atom is -0.138 e. The van der Waals surface area contributed by atoms with Crippen molar-refractivity contribution in [1.82, 2.24) is 15.4 Å². The lowest BCUT2D eigenvalue weighted by Crippen LogP contribution is -2.29. The van der Waals surface area contributed by atoms with E-state index in [0.29, 0.717) is 5.41 Å². The predicted octanol–water partition coefficient (Wildman–Crippen LogP) is 2.87. The third kappa shape index (κ3) is 2.16. The molecule has 2 rings (SSSR count). The van der Waals surface area contributed by atoms with Gasteiger partial charge in [0, 0.05) is 0 Å². The molecule has 3 nitrogen and oxygen atoms in total. The number of aromatic nitrogens is 3. The van der Waals surface area contributed by atoms with Crippen LogP contribution < -0.4 is 0 Å². The Morgan fingerprint density at radius 2 is 1.80 bits per heavy atom. The van der Waals surface area contributed by atoms with Gasteiger partial charge < -0.3 is 0 Å². The molecule has 1 heterocycles. The first-order chi connectivity index (χ1) is 7.37. The highest BCUT2D eigenvalue weighted by Gasteiger charge is 2.33. The Balaban J connectivity index is 2.25. The molecule has 1 aromatic rings. The van der Waals surface area contributed by atoms with Gasteiger partial charge in [-0.25, -0.2) is 0 Å². The molecule has 0 atom stereocenters. The van der Waals surface area contributed by atoms with Crippen molar-refractivity contribution < 1.29 is 0 Å². The zero-order valence-electron chi connectivity index (χ0n) is 9.45. The largest absolute Gasteiger partial charge is 0.138 e. The van der Waals surface area contributed by atoms with Crippen LogP contribution in [-0.2, 0) is 5.41 Å². The summed E-state index contributed by atoms with van der Waals surface area (Å²) in [6.07, 6.45) is 13.0. The van der Waals surface area contributed by atoms with Crippen LogP contribution in [-0.4, -0.2) is 15.4 Å². The highest BCUT2D eigenvalue weighted by molar-refractivity contribution is 5.18. The second-order valence-corrected chi connectivity index (χ2v) is 4.62. The zero-order chi connectivity index (χ0) is 10.6. The van der Waals surface area contributed by atoms with Crippen molar-refractivity contribution in [2.45, 2.75) is 57.3 Å². The maximum atomic E-state index is 3.93. The van der Waals surface area contributed by atoms with Crippen molar-refractivity contribution in [3.8, 4) is 0 Å². The summed E-state index contributed by atoms with van der Waals surface area (Å²) in [5, 5.41) is 11.5. The number of hydrogen-bond acceptors (Lipinski definition) is 3. The van der Waals surface area contributed by atoms with E-state index < -0.39 is 0 Å². The molecule has 15 heavy (non-hydrogen) atoms. The fourth-order valence-electron chi connectivity index (χ4n) is 2.90. The lowest BCUT2D eigenvalue weighted by Gasteiger charge is -2.37. The van der Waals surface area contributed by atoms with Crippen LogP contribution in [0.4, 0.5) is 0 Å². The molecular weight excluding hydrogens is 186 g/mol. The van der Waals surface area contributed by atoms with Crippen LogP contribution in [0, 0.1) is 0 Å². The molecule has 1 fully saturated rings. The Labute approximate surface area is 91.3 Å². The Hall–Kier alpha value is -0.990. The highest BCUT2D eigenvalue weighted by Crippen LogP contribution is 2.42. The molecule has 0 radical (unpaired) electrons. The van der Waals surface area contributed by atoms with Gasteiger partial charge in [-0.3, -0.25) is 0 Å². The van der Waals surface area contributed by atoms with Crippen molar-refractivity contribution >= 4 is 0 Å². The van der Waals surface area contributed by atoms with Crippen molar-refractivity contribution in [1.29, 1.82) is 0 Å². The standard InChI is InChI=1S/C12H19N3/c1-2-6-12(7-4-3-5-8-12)11-9-13-15-14-10-11/h9-10H,2-8H2,1H3. The third-order valence-corrected chi connectivity index (χ3v) is 3.65. The minimum atomic E-state index is 0.357.